The van der Waals surface area contributed by atoms with Crippen LogP contribution in [0.4, 0.5) is 0 Å². The van der Waals surface area contributed by atoms with Crippen molar-refractivity contribution in [3.05, 3.63) is 59.9 Å². The summed E-state index contributed by atoms with van der Waals surface area (Å²) in [5, 5.41) is 11.2. The topological polar surface area (TPSA) is 152 Å². The molecule has 1 aliphatic rings. The zero-order valence-electron chi connectivity index (χ0n) is 32.8. The Labute approximate surface area is 315 Å². The number of methoxy groups -OCH3 is 1. The molecule has 53 heavy (non-hydrogen) atoms. The zero-order chi connectivity index (χ0) is 39.6. The maximum atomic E-state index is 14.2. The van der Waals surface area contributed by atoms with E-state index in [0.717, 1.165) is 16.3 Å². The van der Waals surface area contributed by atoms with Crippen molar-refractivity contribution >= 4 is 38.8 Å². The first-order valence-corrected chi connectivity index (χ1v) is 20.4. The Bertz CT molecular complexity index is 1580. The summed E-state index contributed by atoms with van der Waals surface area (Å²) in [4.78, 5) is 24.9. The predicted molar refractivity (Wildman–Crippen MR) is 202 cm³/mol. The summed E-state index contributed by atoms with van der Waals surface area (Å²) < 4.78 is 63.8. The Kier molecular flexibility index (Phi) is 16.6. The lowest BCUT2D eigenvalue weighted by Crippen LogP contribution is -2.39. The van der Waals surface area contributed by atoms with Crippen molar-refractivity contribution in [3.8, 4) is 6.07 Å². The largest absolute Gasteiger partial charge is 0.438 e. The Hall–Kier alpha value is -2.75. The maximum absolute atomic E-state index is 14.2. The zero-order valence-corrected chi connectivity index (χ0v) is 34.6. The molecule has 0 saturated carbocycles. The van der Waals surface area contributed by atoms with Gasteiger partial charge in [0.1, 0.15) is 24.4 Å². The second kappa shape index (κ2) is 19.7. The molecule has 0 amide bonds. The molecule has 0 N–H and O–H groups in total. The molecule has 5 atom stereocenters. The van der Waals surface area contributed by atoms with Crippen molar-refractivity contribution in [2.45, 2.75) is 112 Å². The molecule has 1 aliphatic heterocycles. The van der Waals surface area contributed by atoms with E-state index in [1.165, 1.54) is 11.9 Å². The van der Waals surface area contributed by atoms with Crippen LogP contribution < -0.4 is 0 Å². The van der Waals surface area contributed by atoms with Crippen molar-refractivity contribution in [3.63, 3.8) is 0 Å². The molecule has 0 spiro atoms. The quantitative estimate of drug-likeness (QED) is 0.0614. The Morgan fingerprint density at radius 2 is 1.49 bits per heavy atom. The van der Waals surface area contributed by atoms with Crippen molar-refractivity contribution in [1.29, 1.82) is 5.26 Å². The lowest BCUT2D eigenvalue weighted by Gasteiger charge is -2.38. The highest BCUT2D eigenvalue weighted by molar-refractivity contribution is 7.57. The molecule has 1 fully saturated rings. The van der Waals surface area contributed by atoms with Gasteiger partial charge in [0.2, 0.25) is 13.6 Å². The van der Waals surface area contributed by atoms with Crippen LogP contribution in [-0.2, 0) is 51.2 Å². The van der Waals surface area contributed by atoms with Gasteiger partial charge < -0.3 is 28.0 Å². The average Bonchev–Trinajstić information content (AvgIpc) is 3.42. The SMILES string of the molecule is CO[C@@H]1[C@H](OP(OCCC#N)N(C(C)C)C(C)C)[C@@H](/C=C/P(=O)(OCOC(=O)C(C)(C)C)OCOC(=O)C(C)(C)C)O[C@H]1c1cccc2ccccc12. The van der Waals surface area contributed by atoms with E-state index in [9.17, 15) is 19.4 Å². The lowest BCUT2D eigenvalue weighted by molar-refractivity contribution is -0.161. The van der Waals surface area contributed by atoms with Crippen LogP contribution >= 0.6 is 16.1 Å². The fourth-order valence-corrected chi connectivity index (χ4v) is 8.20. The number of hydrogen-bond donors (Lipinski definition) is 0. The fraction of sp³-hybridized carbons (Fsp3) is 0.605. The third-order valence-corrected chi connectivity index (χ3v) is 11.7. The maximum Gasteiger partial charge on any atom is 0.359 e. The highest BCUT2D eigenvalue weighted by Crippen LogP contribution is 2.54. The molecular formula is C38H56N2O11P2. The number of nitrogens with zero attached hydrogens (tertiary/aromatic N) is 2. The van der Waals surface area contributed by atoms with Crippen molar-refractivity contribution < 1.29 is 51.2 Å². The van der Waals surface area contributed by atoms with Gasteiger partial charge in [-0.3, -0.25) is 23.2 Å². The number of fused-ring (bicyclic) bond motifs is 1. The van der Waals surface area contributed by atoms with Gasteiger partial charge in [0.25, 0.3) is 8.53 Å². The monoisotopic (exact) mass is 778 g/mol. The van der Waals surface area contributed by atoms with E-state index in [4.69, 9.17) is 37.0 Å². The molecule has 3 rings (SSSR count). The minimum absolute atomic E-state index is 0.0167. The summed E-state index contributed by atoms with van der Waals surface area (Å²) in [7, 11) is -4.45. The number of rotatable bonds is 18. The third kappa shape index (κ3) is 12.6. The normalized spacial score (nSPS) is 20.4. The molecular weight excluding hydrogens is 722 g/mol. The predicted octanol–water partition coefficient (Wildman–Crippen LogP) is 8.79. The second-order valence-electron chi connectivity index (χ2n) is 15.1. The van der Waals surface area contributed by atoms with Crippen molar-refractivity contribution in [1.82, 2.24) is 4.67 Å². The van der Waals surface area contributed by atoms with Gasteiger partial charge in [-0.2, -0.15) is 5.26 Å². The van der Waals surface area contributed by atoms with Gasteiger partial charge in [-0.05, 0) is 91.6 Å². The number of hydrogen-bond acceptors (Lipinski definition) is 13. The summed E-state index contributed by atoms with van der Waals surface area (Å²) in [6, 6.07) is 16.0. The summed E-state index contributed by atoms with van der Waals surface area (Å²) in [5.41, 5.74) is -0.820. The van der Waals surface area contributed by atoms with Crippen LogP contribution in [0.3, 0.4) is 0 Å². The first kappa shape index (κ1) is 44.6. The van der Waals surface area contributed by atoms with Crippen molar-refractivity contribution in [2.24, 2.45) is 10.8 Å². The molecule has 2 aromatic rings. The average molecular weight is 779 g/mol. The van der Waals surface area contributed by atoms with E-state index in [0.29, 0.717) is 0 Å². The molecule has 2 aromatic carbocycles. The number of benzene rings is 2. The van der Waals surface area contributed by atoms with E-state index in [2.05, 4.69) is 10.7 Å². The van der Waals surface area contributed by atoms with Crippen LogP contribution in [0.2, 0.25) is 0 Å². The number of esters is 2. The molecule has 294 valence electrons. The molecule has 1 heterocycles. The van der Waals surface area contributed by atoms with E-state index < -0.39 is 76.9 Å². The molecule has 13 nitrogen and oxygen atoms in total. The standard InChI is InChI=1S/C38H56N2O11P2/c1-26(2)40(27(3)4)52(47-22-15-21-39)51-33-31(50-32(34(33)44-11)30-19-14-17-28-16-12-13-18-29(28)30)20-23-53(43,48-24-45-35(41)37(5,6)7)49-25-46-36(42)38(8,9)10/h12-14,16-20,23,26-27,31-34H,15,22,24-25H2,1-11H3/b23-20+/t31-,32+,33-,34+,52?/m1/s1. The van der Waals surface area contributed by atoms with Crippen LogP contribution in [0, 0.1) is 22.2 Å². The van der Waals surface area contributed by atoms with Crippen LogP contribution in [-0.4, -0.2) is 74.3 Å². The molecule has 1 unspecified atom stereocenters. The summed E-state index contributed by atoms with van der Waals surface area (Å²) >= 11 is 0. The van der Waals surface area contributed by atoms with Gasteiger partial charge in [0.05, 0.1) is 29.9 Å². The second-order valence-corrected chi connectivity index (χ2v) is 18.4. The van der Waals surface area contributed by atoms with Gasteiger partial charge in [-0.25, -0.2) is 4.67 Å². The van der Waals surface area contributed by atoms with Crippen LogP contribution in [0.5, 0.6) is 0 Å². The molecule has 0 aromatic heterocycles. The van der Waals surface area contributed by atoms with E-state index in [1.807, 2.05) is 70.2 Å². The highest BCUT2D eigenvalue weighted by Gasteiger charge is 2.49. The van der Waals surface area contributed by atoms with Gasteiger partial charge >= 0.3 is 19.5 Å². The molecule has 0 radical (unpaired) electrons. The first-order valence-electron chi connectivity index (χ1n) is 17.7. The van der Waals surface area contributed by atoms with E-state index in [1.54, 1.807) is 48.7 Å². The molecule has 1 saturated heterocycles. The molecule has 15 heteroatoms. The third-order valence-electron chi connectivity index (χ3n) is 8.05. The molecule has 0 bridgehead atoms. The number of nitriles is 1. The Morgan fingerprint density at radius 3 is 2.02 bits per heavy atom. The van der Waals surface area contributed by atoms with E-state index in [-0.39, 0.29) is 25.1 Å². The van der Waals surface area contributed by atoms with Crippen LogP contribution in [0.15, 0.2) is 54.4 Å². The summed E-state index contributed by atoms with van der Waals surface area (Å²) in [6.45, 7) is 16.9. The minimum atomic E-state index is -4.26. The fourth-order valence-electron chi connectivity index (χ4n) is 5.42. The number of carbonyl (C=O) groups is 2. The Balaban J connectivity index is 2.07. The number of carbonyl (C=O) groups excluding carboxylic acids is 2. The number of ether oxygens (including phenoxy) is 4. The molecule has 0 aliphatic carbocycles. The lowest BCUT2D eigenvalue weighted by atomic mass is 9.96. The minimum Gasteiger partial charge on any atom is -0.438 e. The highest BCUT2D eigenvalue weighted by atomic mass is 31.2. The van der Waals surface area contributed by atoms with Gasteiger partial charge in [-0.15, -0.1) is 0 Å². The van der Waals surface area contributed by atoms with Crippen molar-refractivity contribution in [2.75, 3.05) is 27.3 Å². The first-order chi connectivity index (χ1) is 24.8. The summed E-state index contributed by atoms with van der Waals surface area (Å²) in [5.74, 6) is 0.0271. The van der Waals surface area contributed by atoms with Crippen LogP contribution in [0.1, 0.15) is 87.3 Å². The smallest absolute Gasteiger partial charge is 0.359 e. The van der Waals surface area contributed by atoms with Gasteiger partial charge in [0, 0.05) is 25.0 Å². The van der Waals surface area contributed by atoms with Gasteiger partial charge in [-0.1, -0.05) is 42.5 Å². The van der Waals surface area contributed by atoms with Crippen LogP contribution in [0.25, 0.3) is 10.8 Å². The summed E-state index contributed by atoms with van der Waals surface area (Å²) in [6.07, 6.45) is -1.38. The Morgan fingerprint density at radius 1 is 0.925 bits per heavy atom. The van der Waals surface area contributed by atoms with E-state index >= 15 is 0 Å². The van der Waals surface area contributed by atoms with Gasteiger partial charge in [0.15, 0.2) is 0 Å².